The number of halogens is 1. The van der Waals surface area contributed by atoms with Crippen molar-refractivity contribution in [3.8, 4) is 10.6 Å². The number of amides is 1. The number of hydrogen-bond donors (Lipinski definition) is 1. The van der Waals surface area contributed by atoms with E-state index in [1.165, 1.54) is 11.3 Å². The predicted octanol–water partition coefficient (Wildman–Crippen LogP) is 4.37. The highest BCUT2D eigenvalue weighted by Gasteiger charge is 2.14. The molecule has 0 atom stereocenters. The minimum Gasteiger partial charge on any atom is -0.316 e. The van der Waals surface area contributed by atoms with Crippen molar-refractivity contribution in [3.63, 3.8) is 0 Å². The summed E-state index contributed by atoms with van der Waals surface area (Å²) in [6.07, 6.45) is 1.39. The average Bonchev–Trinajstić information content (AvgIpc) is 2.87. The second-order valence-electron chi connectivity index (χ2n) is 3.42. The van der Waals surface area contributed by atoms with E-state index in [-0.39, 0.29) is 5.91 Å². The lowest BCUT2D eigenvalue weighted by Crippen LogP contribution is -2.09. The number of hydrogen-bond acceptors (Lipinski definition) is 4. The zero-order valence-electron chi connectivity index (χ0n) is 9.20. The Morgan fingerprint density at radius 3 is 3.06 bits per heavy atom. The highest BCUT2D eigenvalue weighted by molar-refractivity contribution is 9.11. The van der Waals surface area contributed by atoms with Gasteiger partial charge in [0.1, 0.15) is 10.7 Å². The van der Waals surface area contributed by atoms with Crippen molar-refractivity contribution in [1.29, 1.82) is 0 Å². The quantitative estimate of drug-likeness (QED) is 0.904. The van der Waals surface area contributed by atoms with Crippen molar-refractivity contribution in [2.45, 2.75) is 19.8 Å². The van der Waals surface area contributed by atoms with Crippen LogP contribution in [0.2, 0.25) is 0 Å². The first-order chi connectivity index (χ1) is 8.20. The standard InChI is InChI=1S/C11H11BrN2OS2/c1-2-4-8(15)13-10-9(14-11(12)17-10)7-5-3-6-16-7/h3,5-6H,2,4H2,1H3,(H,13,15). The molecule has 3 nitrogen and oxygen atoms in total. The fourth-order valence-electron chi connectivity index (χ4n) is 1.38. The summed E-state index contributed by atoms with van der Waals surface area (Å²) in [6, 6.07) is 3.98. The molecule has 0 radical (unpaired) electrons. The van der Waals surface area contributed by atoms with Crippen molar-refractivity contribution in [2.75, 3.05) is 5.32 Å². The van der Waals surface area contributed by atoms with Crippen LogP contribution in [-0.2, 0) is 4.79 Å². The molecule has 2 heterocycles. The van der Waals surface area contributed by atoms with E-state index < -0.39 is 0 Å². The topological polar surface area (TPSA) is 42.0 Å². The summed E-state index contributed by atoms with van der Waals surface area (Å²) >= 11 is 6.42. The van der Waals surface area contributed by atoms with Crippen LogP contribution < -0.4 is 5.32 Å². The Bertz CT molecular complexity index is 508. The van der Waals surface area contributed by atoms with Crippen molar-refractivity contribution >= 4 is 49.5 Å². The van der Waals surface area contributed by atoms with Crippen LogP contribution in [0.25, 0.3) is 10.6 Å². The van der Waals surface area contributed by atoms with E-state index in [1.807, 2.05) is 24.4 Å². The molecule has 0 saturated heterocycles. The van der Waals surface area contributed by atoms with Crippen LogP contribution in [-0.4, -0.2) is 10.9 Å². The van der Waals surface area contributed by atoms with Gasteiger partial charge >= 0.3 is 0 Å². The Kier molecular flexibility index (Phi) is 4.31. The number of anilines is 1. The second kappa shape index (κ2) is 5.75. The molecule has 0 fully saturated rings. The van der Waals surface area contributed by atoms with Crippen LogP contribution in [0.5, 0.6) is 0 Å². The van der Waals surface area contributed by atoms with E-state index in [0.29, 0.717) is 6.42 Å². The van der Waals surface area contributed by atoms with Gasteiger partial charge in [0.15, 0.2) is 3.92 Å². The number of nitrogens with zero attached hydrogens (tertiary/aromatic N) is 1. The first kappa shape index (κ1) is 12.7. The van der Waals surface area contributed by atoms with Gasteiger partial charge in [-0.05, 0) is 33.8 Å². The molecule has 0 aliphatic heterocycles. The Morgan fingerprint density at radius 1 is 1.59 bits per heavy atom. The molecular weight excluding hydrogens is 320 g/mol. The van der Waals surface area contributed by atoms with Gasteiger partial charge in [0.05, 0.1) is 4.88 Å². The Balaban J connectivity index is 2.25. The second-order valence-corrected chi connectivity index (χ2v) is 6.64. The summed E-state index contributed by atoms with van der Waals surface area (Å²) in [4.78, 5) is 17.1. The molecule has 0 unspecified atom stereocenters. The van der Waals surface area contributed by atoms with Gasteiger partial charge in [0, 0.05) is 6.42 Å². The minimum atomic E-state index is 0.0430. The van der Waals surface area contributed by atoms with Gasteiger partial charge in [0.25, 0.3) is 0 Å². The Labute approximate surface area is 116 Å². The lowest BCUT2D eigenvalue weighted by atomic mass is 10.3. The monoisotopic (exact) mass is 330 g/mol. The molecule has 90 valence electrons. The van der Waals surface area contributed by atoms with Gasteiger partial charge in [-0.25, -0.2) is 4.98 Å². The van der Waals surface area contributed by atoms with Gasteiger partial charge in [-0.2, -0.15) is 0 Å². The molecule has 0 aliphatic rings. The maximum atomic E-state index is 11.6. The third-order valence-electron chi connectivity index (χ3n) is 2.09. The van der Waals surface area contributed by atoms with E-state index in [4.69, 9.17) is 0 Å². The van der Waals surface area contributed by atoms with Crippen molar-refractivity contribution in [1.82, 2.24) is 4.98 Å². The first-order valence-electron chi connectivity index (χ1n) is 5.20. The van der Waals surface area contributed by atoms with Crippen LogP contribution in [0.3, 0.4) is 0 Å². The summed E-state index contributed by atoms with van der Waals surface area (Å²) in [5, 5.41) is 5.73. The maximum absolute atomic E-state index is 11.6. The average molecular weight is 331 g/mol. The summed E-state index contributed by atoms with van der Waals surface area (Å²) < 4.78 is 0.785. The van der Waals surface area contributed by atoms with Crippen molar-refractivity contribution in [3.05, 3.63) is 21.4 Å². The van der Waals surface area contributed by atoms with Gasteiger partial charge < -0.3 is 5.32 Å². The molecule has 0 saturated carbocycles. The molecule has 1 amide bonds. The lowest BCUT2D eigenvalue weighted by Gasteiger charge is -2.02. The fraction of sp³-hybridized carbons (Fsp3) is 0.273. The number of aromatic nitrogens is 1. The van der Waals surface area contributed by atoms with Crippen LogP contribution in [0.15, 0.2) is 21.4 Å². The van der Waals surface area contributed by atoms with E-state index >= 15 is 0 Å². The summed E-state index contributed by atoms with van der Waals surface area (Å²) in [6.45, 7) is 1.99. The molecule has 2 rings (SSSR count). The van der Waals surface area contributed by atoms with E-state index in [1.54, 1.807) is 11.3 Å². The molecule has 17 heavy (non-hydrogen) atoms. The van der Waals surface area contributed by atoms with Crippen LogP contribution in [0, 0.1) is 0 Å². The molecule has 0 spiro atoms. The van der Waals surface area contributed by atoms with E-state index in [0.717, 1.165) is 25.9 Å². The number of rotatable bonds is 4. The fourth-order valence-corrected chi connectivity index (χ4v) is 3.55. The zero-order chi connectivity index (χ0) is 12.3. The first-order valence-corrected chi connectivity index (χ1v) is 7.69. The third kappa shape index (κ3) is 3.14. The molecule has 0 aromatic carbocycles. The molecule has 6 heteroatoms. The molecule has 0 bridgehead atoms. The number of thiazole rings is 1. The minimum absolute atomic E-state index is 0.0430. The summed E-state index contributed by atoms with van der Waals surface area (Å²) in [7, 11) is 0. The molecular formula is C11H11BrN2OS2. The van der Waals surface area contributed by atoms with E-state index in [2.05, 4.69) is 26.2 Å². The van der Waals surface area contributed by atoms with Crippen molar-refractivity contribution in [2.24, 2.45) is 0 Å². The van der Waals surface area contributed by atoms with Crippen LogP contribution >= 0.6 is 38.6 Å². The molecule has 1 N–H and O–H groups in total. The number of carbonyl (C=O) groups is 1. The van der Waals surface area contributed by atoms with Crippen LogP contribution in [0.4, 0.5) is 5.00 Å². The molecule has 2 aromatic heterocycles. The number of thiophene rings is 1. The van der Waals surface area contributed by atoms with E-state index in [9.17, 15) is 4.79 Å². The SMILES string of the molecule is CCCC(=O)Nc1sc(Br)nc1-c1cccs1. The van der Waals surface area contributed by atoms with Gasteiger partial charge in [-0.1, -0.05) is 24.3 Å². The Morgan fingerprint density at radius 2 is 2.41 bits per heavy atom. The highest BCUT2D eigenvalue weighted by atomic mass is 79.9. The van der Waals surface area contributed by atoms with Gasteiger partial charge in [-0.15, -0.1) is 11.3 Å². The number of nitrogens with one attached hydrogen (secondary N) is 1. The normalized spacial score (nSPS) is 10.5. The summed E-state index contributed by atoms with van der Waals surface area (Å²) in [5.74, 6) is 0.0430. The Hall–Kier alpha value is -0.720. The predicted molar refractivity (Wildman–Crippen MR) is 76.7 cm³/mol. The highest BCUT2D eigenvalue weighted by Crippen LogP contribution is 2.37. The molecule has 0 aliphatic carbocycles. The number of carbonyl (C=O) groups excluding carboxylic acids is 1. The zero-order valence-corrected chi connectivity index (χ0v) is 12.4. The van der Waals surface area contributed by atoms with Crippen molar-refractivity contribution < 1.29 is 4.79 Å². The smallest absolute Gasteiger partial charge is 0.225 e. The third-order valence-corrected chi connectivity index (χ3v) is 4.38. The lowest BCUT2D eigenvalue weighted by molar-refractivity contribution is -0.116. The largest absolute Gasteiger partial charge is 0.316 e. The summed E-state index contributed by atoms with van der Waals surface area (Å²) in [5.41, 5.74) is 0.848. The van der Waals surface area contributed by atoms with Gasteiger partial charge in [-0.3, -0.25) is 4.79 Å². The maximum Gasteiger partial charge on any atom is 0.225 e. The van der Waals surface area contributed by atoms with Gasteiger partial charge in [0.2, 0.25) is 5.91 Å². The molecule has 2 aromatic rings. The van der Waals surface area contributed by atoms with Crippen LogP contribution in [0.1, 0.15) is 19.8 Å².